The summed E-state index contributed by atoms with van der Waals surface area (Å²) in [5.74, 6) is -0.328. The Balaban J connectivity index is 3.31. The van der Waals surface area contributed by atoms with Gasteiger partial charge in [-0.3, -0.25) is 0 Å². The van der Waals surface area contributed by atoms with Crippen LogP contribution in [0.5, 0.6) is 0 Å². The second kappa shape index (κ2) is 6.91. The highest BCUT2D eigenvalue weighted by Crippen LogP contribution is 1.95. The minimum absolute atomic E-state index is 0.328. The first kappa shape index (κ1) is 12.4. The molecule has 0 aliphatic rings. The summed E-state index contributed by atoms with van der Waals surface area (Å²) in [6, 6.07) is 0.998. The van der Waals surface area contributed by atoms with Crippen LogP contribution in [0, 0.1) is 0 Å². The van der Waals surface area contributed by atoms with Crippen molar-refractivity contribution in [2.45, 2.75) is 25.9 Å². The molecular formula is C8H16O3Si2. The van der Waals surface area contributed by atoms with E-state index in [1.54, 1.807) is 13.5 Å². The Morgan fingerprint density at radius 1 is 1.62 bits per heavy atom. The molecule has 0 aromatic rings. The van der Waals surface area contributed by atoms with Crippen molar-refractivity contribution in [3.8, 4) is 0 Å². The van der Waals surface area contributed by atoms with Gasteiger partial charge in [0.25, 0.3) is 0 Å². The van der Waals surface area contributed by atoms with E-state index in [0.29, 0.717) is 12.2 Å². The van der Waals surface area contributed by atoms with E-state index in [0.717, 1.165) is 12.5 Å². The van der Waals surface area contributed by atoms with Gasteiger partial charge in [0.15, 0.2) is 0 Å². The third-order valence-electron chi connectivity index (χ3n) is 1.50. The molecule has 0 aromatic heterocycles. The molecule has 0 N–H and O–H groups in total. The fourth-order valence-corrected chi connectivity index (χ4v) is 3.96. The maximum atomic E-state index is 10.9. The molecule has 0 spiro atoms. The van der Waals surface area contributed by atoms with Crippen LogP contribution in [0.3, 0.4) is 0 Å². The standard InChI is InChI=1S/C8H16O3Si2/c1-7(2)8(9)11-5-4-6-12-13(3)10/h1,4-6,12H2,2-3H3. The summed E-state index contributed by atoms with van der Waals surface area (Å²) in [4.78, 5) is 10.9. The van der Waals surface area contributed by atoms with Crippen molar-refractivity contribution >= 4 is 23.2 Å². The van der Waals surface area contributed by atoms with Crippen LogP contribution in [-0.4, -0.2) is 29.8 Å². The van der Waals surface area contributed by atoms with Crippen molar-refractivity contribution in [1.82, 2.24) is 0 Å². The lowest BCUT2D eigenvalue weighted by Gasteiger charge is -2.02. The van der Waals surface area contributed by atoms with E-state index < -0.39 is 8.20 Å². The SMILES string of the molecule is C=C(C)C(=O)OCCC[SiH2][Si](C)=O. The van der Waals surface area contributed by atoms with Crippen molar-refractivity contribution in [2.75, 3.05) is 6.61 Å². The van der Waals surface area contributed by atoms with E-state index in [9.17, 15) is 9.26 Å². The van der Waals surface area contributed by atoms with E-state index in [-0.39, 0.29) is 15.0 Å². The van der Waals surface area contributed by atoms with Crippen molar-refractivity contribution in [2.24, 2.45) is 0 Å². The minimum atomic E-state index is -1.22. The molecule has 0 bridgehead atoms. The smallest absolute Gasteiger partial charge is 0.333 e. The van der Waals surface area contributed by atoms with Crippen LogP contribution in [0.15, 0.2) is 12.2 Å². The minimum Gasteiger partial charge on any atom is -0.462 e. The predicted octanol–water partition coefficient (Wildman–Crippen LogP) is 0.631. The van der Waals surface area contributed by atoms with Gasteiger partial charge in [-0.05, 0) is 19.9 Å². The van der Waals surface area contributed by atoms with Gasteiger partial charge < -0.3 is 9.20 Å². The van der Waals surface area contributed by atoms with Crippen LogP contribution in [0.25, 0.3) is 0 Å². The van der Waals surface area contributed by atoms with Crippen LogP contribution < -0.4 is 0 Å². The Morgan fingerprint density at radius 3 is 2.69 bits per heavy atom. The molecule has 74 valence electrons. The summed E-state index contributed by atoms with van der Waals surface area (Å²) in [6.45, 7) is 7.34. The zero-order valence-corrected chi connectivity index (χ0v) is 10.7. The molecule has 0 fully saturated rings. The van der Waals surface area contributed by atoms with Crippen molar-refractivity contribution < 1.29 is 14.0 Å². The van der Waals surface area contributed by atoms with Gasteiger partial charge in [-0.2, -0.15) is 0 Å². The fourth-order valence-electron chi connectivity index (χ4n) is 0.764. The maximum absolute atomic E-state index is 10.9. The number of rotatable bonds is 6. The number of carbonyl (C=O) groups excluding carboxylic acids is 1. The molecule has 0 heterocycles. The molecule has 0 aliphatic heterocycles. The van der Waals surface area contributed by atoms with Crippen LogP contribution in [0.4, 0.5) is 0 Å². The topological polar surface area (TPSA) is 43.4 Å². The third kappa shape index (κ3) is 7.79. The molecule has 0 radical (unpaired) electrons. The summed E-state index contributed by atoms with van der Waals surface area (Å²) in [7, 11) is -1.61. The van der Waals surface area contributed by atoms with Crippen LogP contribution >= 0.6 is 0 Å². The highest BCUT2D eigenvalue weighted by Gasteiger charge is 2.02. The predicted molar refractivity (Wildman–Crippen MR) is 56.0 cm³/mol. The Bertz CT molecular complexity index is 213. The monoisotopic (exact) mass is 216 g/mol. The zero-order valence-electron chi connectivity index (χ0n) is 8.26. The van der Waals surface area contributed by atoms with Crippen LogP contribution in [0.2, 0.25) is 12.6 Å². The van der Waals surface area contributed by atoms with Crippen molar-refractivity contribution in [1.29, 1.82) is 0 Å². The number of hydrogen-bond donors (Lipinski definition) is 0. The lowest BCUT2D eigenvalue weighted by atomic mass is 10.4. The summed E-state index contributed by atoms with van der Waals surface area (Å²) in [6.07, 6.45) is 0.843. The summed E-state index contributed by atoms with van der Waals surface area (Å²) >= 11 is 0. The molecule has 13 heavy (non-hydrogen) atoms. The zero-order chi connectivity index (χ0) is 10.3. The first-order valence-corrected chi connectivity index (χ1v) is 9.59. The first-order chi connectivity index (χ1) is 6.04. The Morgan fingerprint density at radius 2 is 2.23 bits per heavy atom. The van der Waals surface area contributed by atoms with Crippen molar-refractivity contribution in [3.63, 3.8) is 0 Å². The lowest BCUT2D eigenvalue weighted by molar-refractivity contribution is -0.138. The second-order valence-electron chi connectivity index (χ2n) is 3.08. The number of ether oxygens (including phenoxy) is 1. The van der Waals surface area contributed by atoms with E-state index in [4.69, 9.17) is 4.74 Å². The quantitative estimate of drug-likeness (QED) is 0.283. The van der Waals surface area contributed by atoms with Gasteiger partial charge >= 0.3 is 5.97 Å². The van der Waals surface area contributed by atoms with Crippen LogP contribution in [-0.2, 0) is 14.0 Å². The fraction of sp³-hybridized carbons (Fsp3) is 0.625. The summed E-state index contributed by atoms with van der Waals surface area (Å²) in [5, 5.41) is 0. The normalized spacial score (nSPS) is 10.3. The average Bonchev–Trinajstić information content (AvgIpc) is 2.02. The van der Waals surface area contributed by atoms with Gasteiger partial charge in [0.1, 0.15) is 0 Å². The molecule has 0 saturated heterocycles. The molecule has 0 saturated carbocycles. The molecule has 0 amide bonds. The maximum Gasteiger partial charge on any atom is 0.333 e. The van der Waals surface area contributed by atoms with Gasteiger partial charge in [0.2, 0.25) is 8.20 Å². The van der Waals surface area contributed by atoms with E-state index in [1.165, 1.54) is 0 Å². The highest BCUT2D eigenvalue weighted by atomic mass is 29.2. The molecule has 0 aliphatic carbocycles. The number of esters is 1. The highest BCUT2D eigenvalue weighted by molar-refractivity contribution is 7.03. The molecule has 0 atom stereocenters. The molecule has 0 unspecified atom stereocenters. The molecule has 0 rings (SSSR count). The average molecular weight is 216 g/mol. The lowest BCUT2D eigenvalue weighted by Crippen LogP contribution is -2.09. The van der Waals surface area contributed by atoms with Gasteiger partial charge in [0.05, 0.1) is 15.6 Å². The Labute approximate surface area is 82.4 Å². The third-order valence-corrected chi connectivity index (χ3v) is 6.24. The van der Waals surface area contributed by atoms with Gasteiger partial charge in [0, 0.05) is 5.57 Å². The Hall–Kier alpha value is -0.556. The molecule has 0 aromatic carbocycles. The van der Waals surface area contributed by atoms with Gasteiger partial charge in [-0.25, -0.2) is 4.79 Å². The summed E-state index contributed by atoms with van der Waals surface area (Å²) < 4.78 is 15.7. The van der Waals surface area contributed by atoms with Crippen LogP contribution in [0.1, 0.15) is 13.3 Å². The Kier molecular flexibility index (Phi) is 6.61. The van der Waals surface area contributed by atoms with E-state index in [1.807, 2.05) is 0 Å². The molecular weight excluding hydrogens is 200 g/mol. The van der Waals surface area contributed by atoms with E-state index in [2.05, 4.69) is 6.58 Å². The van der Waals surface area contributed by atoms with Gasteiger partial charge in [-0.1, -0.05) is 12.6 Å². The molecule has 5 heteroatoms. The first-order valence-electron chi connectivity index (χ1n) is 4.36. The number of carbonyl (C=O) groups is 1. The largest absolute Gasteiger partial charge is 0.462 e. The van der Waals surface area contributed by atoms with E-state index >= 15 is 0 Å². The molecule has 3 nitrogen and oxygen atoms in total. The van der Waals surface area contributed by atoms with Gasteiger partial charge in [-0.15, -0.1) is 0 Å². The number of hydrogen-bond acceptors (Lipinski definition) is 3. The summed E-state index contributed by atoms with van der Waals surface area (Å²) in [5.41, 5.74) is 0.432. The second-order valence-corrected chi connectivity index (χ2v) is 10.2. The van der Waals surface area contributed by atoms with Crippen molar-refractivity contribution in [3.05, 3.63) is 12.2 Å².